The van der Waals surface area contributed by atoms with Crippen molar-refractivity contribution in [3.8, 4) is 5.75 Å². The third-order valence-corrected chi connectivity index (χ3v) is 4.40. The summed E-state index contributed by atoms with van der Waals surface area (Å²) in [6, 6.07) is 12.8. The maximum absolute atomic E-state index is 12.5. The van der Waals surface area contributed by atoms with E-state index in [9.17, 15) is 9.59 Å². The number of amides is 1. The van der Waals surface area contributed by atoms with E-state index in [1.54, 1.807) is 32.0 Å². The van der Waals surface area contributed by atoms with Crippen molar-refractivity contribution in [2.24, 2.45) is 0 Å². The molecule has 144 valence electrons. The maximum atomic E-state index is 12.5. The van der Waals surface area contributed by atoms with Crippen molar-refractivity contribution < 1.29 is 19.1 Å². The molecule has 0 aliphatic heterocycles. The van der Waals surface area contributed by atoms with Crippen molar-refractivity contribution in [2.45, 2.75) is 46.1 Å². The molecule has 0 aliphatic rings. The molecular formula is C22H27NO4. The largest absolute Gasteiger partial charge is 0.481 e. The molecule has 27 heavy (non-hydrogen) atoms. The third kappa shape index (κ3) is 5.09. The zero-order valence-corrected chi connectivity index (χ0v) is 16.8. The highest BCUT2D eigenvalue weighted by atomic mass is 16.5. The fourth-order valence-electron chi connectivity index (χ4n) is 2.63. The summed E-state index contributed by atoms with van der Waals surface area (Å²) in [4.78, 5) is 24.3. The molecule has 0 heterocycles. The molecule has 0 radical (unpaired) electrons. The van der Waals surface area contributed by atoms with Crippen molar-refractivity contribution >= 4 is 17.6 Å². The summed E-state index contributed by atoms with van der Waals surface area (Å²) < 4.78 is 10.5. The average Bonchev–Trinajstić information content (AvgIpc) is 2.62. The number of methoxy groups -OCH3 is 1. The predicted molar refractivity (Wildman–Crippen MR) is 106 cm³/mol. The first kappa shape index (κ1) is 20.5. The van der Waals surface area contributed by atoms with E-state index in [0.29, 0.717) is 22.6 Å². The summed E-state index contributed by atoms with van der Waals surface area (Å²) in [7, 11) is 1.33. The highest BCUT2D eigenvalue weighted by Gasteiger charge is 2.19. The molecule has 0 unspecified atom stereocenters. The minimum absolute atomic E-state index is 0.0592. The van der Waals surface area contributed by atoms with Crippen LogP contribution < -0.4 is 10.1 Å². The van der Waals surface area contributed by atoms with E-state index in [2.05, 4.69) is 26.1 Å². The van der Waals surface area contributed by atoms with E-state index in [0.717, 1.165) is 0 Å². The number of carbonyl (C=O) groups is 2. The molecule has 0 saturated heterocycles. The zero-order chi connectivity index (χ0) is 20.2. The van der Waals surface area contributed by atoms with Gasteiger partial charge in [-0.25, -0.2) is 4.79 Å². The van der Waals surface area contributed by atoms with Crippen LogP contribution in [0.1, 0.15) is 49.2 Å². The molecule has 0 bridgehead atoms. The highest BCUT2D eigenvalue weighted by Crippen LogP contribution is 2.25. The first-order valence-electron chi connectivity index (χ1n) is 8.89. The van der Waals surface area contributed by atoms with E-state index in [1.165, 1.54) is 12.7 Å². The number of anilines is 1. The Kier molecular flexibility index (Phi) is 6.26. The van der Waals surface area contributed by atoms with Gasteiger partial charge in [-0.05, 0) is 54.7 Å². The fraction of sp³-hybridized carbons (Fsp3) is 0.364. The Balaban J connectivity index is 2.07. The van der Waals surface area contributed by atoms with Crippen molar-refractivity contribution in [1.29, 1.82) is 0 Å². The summed E-state index contributed by atoms with van der Waals surface area (Å²) in [6.07, 6.45) is -0.688. The summed E-state index contributed by atoms with van der Waals surface area (Å²) in [6.45, 7) is 9.88. The molecule has 5 nitrogen and oxygen atoms in total. The first-order chi connectivity index (χ1) is 12.6. The SMILES string of the molecule is COC(=O)c1cccc(NC(=O)[C@@H](C)Oc2ccc(C(C)(C)C)cc2)c1C. The molecule has 5 heteroatoms. The molecule has 2 aromatic carbocycles. The molecule has 2 rings (SSSR count). The van der Waals surface area contributed by atoms with Crippen molar-refractivity contribution in [2.75, 3.05) is 12.4 Å². The molecule has 0 saturated carbocycles. The van der Waals surface area contributed by atoms with Crippen LogP contribution in [-0.2, 0) is 14.9 Å². The monoisotopic (exact) mass is 369 g/mol. The Morgan fingerprint density at radius 1 is 1.04 bits per heavy atom. The van der Waals surface area contributed by atoms with Crippen LogP contribution in [0.3, 0.4) is 0 Å². The van der Waals surface area contributed by atoms with Crippen LogP contribution >= 0.6 is 0 Å². The van der Waals surface area contributed by atoms with Gasteiger partial charge in [0.05, 0.1) is 12.7 Å². The van der Waals surface area contributed by atoms with Gasteiger partial charge in [-0.2, -0.15) is 0 Å². The number of benzene rings is 2. The molecule has 0 aromatic heterocycles. The molecule has 2 aromatic rings. The number of hydrogen-bond donors (Lipinski definition) is 1. The van der Waals surface area contributed by atoms with Gasteiger partial charge in [0, 0.05) is 5.69 Å². The minimum atomic E-state index is -0.688. The molecule has 1 atom stereocenters. The number of rotatable bonds is 5. The molecule has 0 aliphatic carbocycles. The van der Waals surface area contributed by atoms with E-state index >= 15 is 0 Å². The Labute approximate surface area is 160 Å². The van der Waals surface area contributed by atoms with E-state index in [-0.39, 0.29) is 11.3 Å². The van der Waals surface area contributed by atoms with Crippen LogP contribution in [0.15, 0.2) is 42.5 Å². The number of nitrogens with one attached hydrogen (secondary N) is 1. The number of esters is 1. The Bertz CT molecular complexity index is 819. The highest BCUT2D eigenvalue weighted by molar-refractivity contribution is 5.98. The van der Waals surface area contributed by atoms with Gasteiger partial charge >= 0.3 is 5.97 Å². The second kappa shape index (κ2) is 8.25. The minimum Gasteiger partial charge on any atom is -0.481 e. The predicted octanol–water partition coefficient (Wildman–Crippen LogP) is 4.49. The van der Waals surface area contributed by atoms with Crippen molar-refractivity contribution in [3.63, 3.8) is 0 Å². The standard InChI is InChI=1S/C22H27NO4/c1-14-18(21(25)26-6)8-7-9-19(14)23-20(24)15(2)27-17-12-10-16(11-13-17)22(3,4)5/h7-13,15H,1-6H3,(H,23,24)/t15-/m1/s1. The van der Waals surface area contributed by atoms with Crippen molar-refractivity contribution in [1.82, 2.24) is 0 Å². The van der Waals surface area contributed by atoms with Crippen LogP contribution in [0.4, 0.5) is 5.69 Å². The molecule has 0 spiro atoms. The topological polar surface area (TPSA) is 64.6 Å². The lowest BCUT2D eigenvalue weighted by molar-refractivity contribution is -0.122. The Morgan fingerprint density at radius 3 is 2.22 bits per heavy atom. The molecular weight excluding hydrogens is 342 g/mol. The quantitative estimate of drug-likeness (QED) is 0.789. The van der Waals surface area contributed by atoms with E-state index in [4.69, 9.17) is 9.47 Å². The lowest BCUT2D eigenvalue weighted by Crippen LogP contribution is -2.30. The number of carbonyl (C=O) groups excluding carboxylic acids is 2. The summed E-state index contributed by atoms with van der Waals surface area (Å²) >= 11 is 0. The number of hydrogen-bond acceptors (Lipinski definition) is 4. The first-order valence-corrected chi connectivity index (χ1v) is 8.89. The van der Waals surface area contributed by atoms with Gasteiger partial charge in [0.2, 0.25) is 0 Å². The Morgan fingerprint density at radius 2 is 1.67 bits per heavy atom. The average molecular weight is 369 g/mol. The maximum Gasteiger partial charge on any atom is 0.338 e. The van der Waals surface area contributed by atoms with E-state index in [1.807, 2.05) is 24.3 Å². The molecule has 1 N–H and O–H groups in total. The summed E-state index contributed by atoms with van der Waals surface area (Å²) in [5.74, 6) is -0.0995. The second-order valence-electron chi connectivity index (χ2n) is 7.49. The van der Waals surface area contributed by atoms with Gasteiger partial charge in [0.1, 0.15) is 5.75 Å². The zero-order valence-electron chi connectivity index (χ0n) is 16.8. The lowest BCUT2D eigenvalue weighted by Gasteiger charge is -2.20. The van der Waals surface area contributed by atoms with Gasteiger partial charge < -0.3 is 14.8 Å². The summed E-state index contributed by atoms with van der Waals surface area (Å²) in [5, 5.41) is 2.81. The molecule has 1 amide bonds. The van der Waals surface area contributed by atoms with Crippen LogP contribution in [0, 0.1) is 6.92 Å². The third-order valence-electron chi connectivity index (χ3n) is 4.40. The fourth-order valence-corrected chi connectivity index (χ4v) is 2.63. The second-order valence-corrected chi connectivity index (χ2v) is 7.49. The van der Waals surface area contributed by atoms with Gasteiger partial charge in [-0.3, -0.25) is 4.79 Å². The van der Waals surface area contributed by atoms with Crippen LogP contribution in [0.5, 0.6) is 5.75 Å². The van der Waals surface area contributed by atoms with Crippen LogP contribution in [0.25, 0.3) is 0 Å². The van der Waals surface area contributed by atoms with Crippen LogP contribution in [0.2, 0.25) is 0 Å². The normalized spacial score (nSPS) is 12.2. The summed E-state index contributed by atoms with van der Waals surface area (Å²) in [5.41, 5.74) is 2.88. The molecule has 0 fully saturated rings. The van der Waals surface area contributed by atoms with E-state index < -0.39 is 12.1 Å². The van der Waals surface area contributed by atoms with Gasteiger partial charge in [0.15, 0.2) is 6.10 Å². The lowest BCUT2D eigenvalue weighted by atomic mass is 9.87. The number of ether oxygens (including phenoxy) is 2. The van der Waals surface area contributed by atoms with Gasteiger partial charge in [0.25, 0.3) is 5.91 Å². The van der Waals surface area contributed by atoms with Gasteiger partial charge in [-0.15, -0.1) is 0 Å². The Hall–Kier alpha value is -2.82. The van der Waals surface area contributed by atoms with Gasteiger partial charge in [-0.1, -0.05) is 39.0 Å². The van der Waals surface area contributed by atoms with Crippen molar-refractivity contribution in [3.05, 3.63) is 59.2 Å². The smallest absolute Gasteiger partial charge is 0.338 e. The van der Waals surface area contributed by atoms with Crippen LogP contribution in [-0.4, -0.2) is 25.1 Å².